The van der Waals surface area contributed by atoms with E-state index in [2.05, 4.69) is 29.6 Å². The first-order valence-electron chi connectivity index (χ1n) is 11.2. The Morgan fingerprint density at radius 3 is 2.47 bits per heavy atom. The number of benzene rings is 2. The maximum Gasteiger partial charge on any atom is 0.254 e. The van der Waals surface area contributed by atoms with Crippen LogP contribution in [0.3, 0.4) is 0 Å². The normalized spacial score (nSPS) is 19.7. The lowest BCUT2D eigenvalue weighted by Crippen LogP contribution is -2.58. The van der Waals surface area contributed by atoms with Crippen molar-refractivity contribution in [3.63, 3.8) is 0 Å². The summed E-state index contributed by atoms with van der Waals surface area (Å²) in [6.07, 6.45) is 0.00656. The second-order valence-electron chi connectivity index (χ2n) is 8.92. The van der Waals surface area contributed by atoms with E-state index in [4.69, 9.17) is 4.52 Å². The molecule has 0 aliphatic carbocycles. The fraction of sp³-hybridized carbons (Fsp3) is 0.385. The Labute approximate surface area is 189 Å². The second kappa shape index (κ2) is 8.52. The number of aromatic nitrogens is 1. The van der Waals surface area contributed by atoms with E-state index in [0.717, 1.165) is 39.4 Å². The molecule has 2 heterocycles. The third-order valence-electron chi connectivity index (χ3n) is 6.48. The van der Waals surface area contributed by atoms with Crippen LogP contribution >= 0.6 is 0 Å². The Morgan fingerprint density at radius 1 is 1.16 bits per heavy atom. The maximum absolute atomic E-state index is 13.7. The smallest absolute Gasteiger partial charge is 0.254 e. The summed E-state index contributed by atoms with van der Waals surface area (Å²) in [5, 5.41) is 21.6. The van der Waals surface area contributed by atoms with E-state index < -0.39 is 11.6 Å². The molecule has 0 saturated heterocycles. The summed E-state index contributed by atoms with van der Waals surface area (Å²) < 4.78 is 5.39. The van der Waals surface area contributed by atoms with E-state index in [9.17, 15) is 9.90 Å². The Balaban J connectivity index is 1.94. The Morgan fingerprint density at radius 2 is 1.88 bits per heavy atom. The van der Waals surface area contributed by atoms with Crippen molar-refractivity contribution in [2.75, 3.05) is 5.32 Å². The molecule has 3 atom stereocenters. The maximum atomic E-state index is 13.7. The van der Waals surface area contributed by atoms with Crippen LogP contribution in [0, 0.1) is 19.8 Å². The van der Waals surface area contributed by atoms with Gasteiger partial charge in [0.1, 0.15) is 5.76 Å². The van der Waals surface area contributed by atoms with E-state index in [1.54, 1.807) is 0 Å². The van der Waals surface area contributed by atoms with Gasteiger partial charge in [-0.1, -0.05) is 62.3 Å². The molecule has 0 bridgehead atoms. The van der Waals surface area contributed by atoms with E-state index in [1.165, 1.54) is 0 Å². The molecule has 3 unspecified atom stereocenters. The zero-order valence-corrected chi connectivity index (χ0v) is 19.3. The van der Waals surface area contributed by atoms with Gasteiger partial charge in [-0.25, -0.2) is 0 Å². The molecular formula is C26H31N3O3. The zero-order valence-electron chi connectivity index (χ0n) is 19.3. The molecule has 0 spiro atoms. The summed E-state index contributed by atoms with van der Waals surface area (Å²) in [5.74, 6) is 0.705. The number of aliphatic hydroxyl groups is 1. The van der Waals surface area contributed by atoms with Crippen LogP contribution in [0.25, 0.3) is 11.1 Å². The molecular weight excluding hydrogens is 402 g/mol. The summed E-state index contributed by atoms with van der Waals surface area (Å²) in [6.45, 7) is 9.88. The number of rotatable bonds is 7. The van der Waals surface area contributed by atoms with Crippen molar-refractivity contribution in [1.29, 1.82) is 0 Å². The number of aryl methyl sites for hydroxylation is 2. The van der Waals surface area contributed by atoms with E-state index in [1.807, 2.05) is 69.3 Å². The largest absolute Gasteiger partial charge is 0.392 e. The number of carbonyl (C=O) groups is 1. The summed E-state index contributed by atoms with van der Waals surface area (Å²) in [4.78, 5) is 13.7. The number of carbonyl (C=O) groups excluding carboxylic acids is 1. The number of anilines is 1. The zero-order chi connectivity index (χ0) is 23.0. The van der Waals surface area contributed by atoms with Gasteiger partial charge in [0, 0.05) is 22.9 Å². The van der Waals surface area contributed by atoms with Gasteiger partial charge in [-0.3, -0.25) is 10.1 Å². The Kier molecular flexibility index (Phi) is 5.93. The molecule has 1 aliphatic heterocycles. The molecule has 0 fully saturated rings. The van der Waals surface area contributed by atoms with E-state index in [0.29, 0.717) is 6.42 Å². The quantitative estimate of drug-likeness (QED) is 0.509. The minimum absolute atomic E-state index is 0.119. The topological polar surface area (TPSA) is 87.4 Å². The third-order valence-corrected chi connectivity index (χ3v) is 6.48. The molecule has 0 radical (unpaired) electrons. The first-order chi connectivity index (χ1) is 15.3. The molecule has 6 heteroatoms. The Bertz CT molecular complexity index is 1100. The lowest BCUT2D eigenvalue weighted by atomic mass is 9.80. The number of amides is 1. The van der Waals surface area contributed by atoms with E-state index in [-0.39, 0.29) is 17.9 Å². The van der Waals surface area contributed by atoms with Gasteiger partial charge < -0.3 is 14.9 Å². The molecule has 1 aromatic heterocycles. The number of fused-ring (bicyclic) bond motifs is 1. The van der Waals surface area contributed by atoms with E-state index >= 15 is 0 Å². The van der Waals surface area contributed by atoms with Gasteiger partial charge in [0.15, 0.2) is 5.54 Å². The number of nitrogens with zero attached hydrogens (tertiary/aromatic N) is 1. The van der Waals surface area contributed by atoms with Crippen LogP contribution in [0.15, 0.2) is 53.1 Å². The SMILES string of the molecule is CCC(O)C(NC1(c2ccccc2)C(=O)Nc2ccc(-c3c(C)noc3C)cc21)C(C)C. The van der Waals surface area contributed by atoms with Crippen molar-refractivity contribution < 1.29 is 14.4 Å². The van der Waals surface area contributed by atoms with Crippen LogP contribution in [0.2, 0.25) is 0 Å². The molecule has 3 N–H and O–H groups in total. The van der Waals surface area contributed by atoms with Crippen molar-refractivity contribution >= 4 is 11.6 Å². The van der Waals surface area contributed by atoms with Crippen molar-refractivity contribution in [3.8, 4) is 11.1 Å². The van der Waals surface area contributed by atoms with Crippen LogP contribution in [0.5, 0.6) is 0 Å². The molecule has 3 aromatic rings. The molecule has 1 amide bonds. The fourth-order valence-corrected chi connectivity index (χ4v) is 4.76. The van der Waals surface area contributed by atoms with Crippen LogP contribution in [-0.2, 0) is 10.3 Å². The number of hydrogen-bond acceptors (Lipinski definition) is 5. The minimum Gasteiger partial charge on any atom is -0.392 e. The fourth-order valence-electron chi connectivity index (χ4n) is 4.76. The summed E-state index contributed by atoms with van der Waals surface area (Å²) in [6, 6.07) is 15.4. The van der Waals surface area contributed by atoms with Gasteiger partial charge in [-0.15, -0.1) is 0 Å². The highest BCUT2D eigenvalue weighted by molar-refractivity contribution is 6.09. The van der Waals surface area contributed by atoms with Crippen molar-refractivity contribution in [3.05, 3.63) is 71.1 Å². The monoisotopic (exact) mass is 433 g/mol. The van der Waals surface area contributed by atoms with Gasteiger partial charge in [-0.05, 0) is 49.4 Å². The summed E-state index contributed by atoms with van der Waals surface area (Å²) in [7, 11) is 0. The number of hydrogen-bond donors (Lipinski definition) is 3. The molecule has 1 aliphatic rings. The molecule has 6 nitrogen and oxygen atoms in total. The molecule has 4 rings (SSSR count). The van der Waals surface area contributed by atoms with Crippen molar-refractivity contribution in [1.82, 2.24) is 10.5 Å². The predicted molar refractivity (Wildman–Crippen MR) is 125 cm³/mol. The lowest BCUT2D eigenvalue weighted by Gasteiger charge is -2.38. The van der Waals surface area contributed by atoms with Crippen LogP contribution in [-0.4, -0.2) is 28.3 Å². The molecule has 0 saturated carbocycles. The van der Waals surface area contributed by atoms with Crippen LogP contribution in [0.4, 0.5) is 5.69 Å². The van der Waals surface area contributed by atoms with Gasteiger partial charge in [0.2, 0.25) is 0 Å². The summed E-state index contributed by atoms with van der Waals surface area (Å²) >= 11 is 0. The molecule has 2 aromatic carbocycles. The molecule has 32 heavy (non-hydrogen) atoms. The standard InChI is InChI=1S/C26H31N3O3/c1-6-22(30)24(15(2)3)28-26(19-10-8-7-9-11-19)20-14-18(12-13-21(20)27-25(26)31)23-16(4)29-32-17(23)5/h7-15,22,24,28,30H,6H2,1-5H3,(H,27,31). The highest BCUT2D eigenvalue weighted by Gasteiger charge is 2.50. The third kappa shape index (κ3) is 3.53. The highest BCUT2D eigenvalue weighted by atomic mass is 16.5. The summed E-state index contributed by atoms with van der Waals surface area (Å²) in [5.41, 5.74) is 3.98. The molecule has 168 valence electrons. The van der Waals surface area contributed by atoms with Crippen molar-refractivity contribution in [2.45, 2.75) is 58.7 Å². The lowest BCUT2D eigenvalue weighted by molar-refractivity contribution is -0.121. The first kappa shape index (κ1) is 22.2. The average Bonchev–Trinajstić information content (AvgIpc) is 3.27. The first-order valence-corrected chi connectivity index (χ1v) is 11.2. The highest BCUT2D eigenvalue weighted by Crippen LogP contribution is 2.44. The van der Waals surface area contributed by atoms with Gasteiger partial charge in [0.25, 0.3) is 5.91 Å². The van der Waals surface area contributed by atoms with Gasteiger partial charge >= 0.3 is 0 Å². The second-order valence-corrected chi connectivity index (χ2v) is 8.92. The minimum atomic E-state index is -1.13. The Hall–Kier alpha value is -2.96. The van der Waals surface area contributed by atoms with Gasteiger partial charge in [-0.2, -0.15) is 0 Å². The van der Waals surface area contributed by atoms with Crippen LogP contribution in [0.1, 0.15) is 49.8 Å². The number of nitrogens with one attached hydrogen (secondary N) is 2. The van der Waals surface area contributed by atoms with Crippen molar-refractivity contribution in [2.24, 2.45) is 5.92 Å². The number of aliphatic hydroxyl groups excluding tert-OH is 1. The predicted octanol–water partition coefficient (Wildman–Crippen LogP) is 4.54. The van der Waals surface area contributed by atoms with Crippen LogP contribution < -0.4 is 10.6 Å². The van der Waals surface area contributed by atoms with Gasteiger partial charge in [0.05, 0.1) is 11.8 Å². The average molecular weight is 434 g/mol.